The van der Waals surface area contributed by atoms with Crippen molar-refractivity contribution in [3.8, 4) is 11.5 Å². The van der Waals surface area contributed by atoms with Gasteiger partial charge in [-0.25, -0.2) is 0 Å². The third kappa shape index (κ3) is 6.42. The Morgan fingerprint density at radius 1 is 1.12 bits per heavy atom. The van der Waals surface area contributed by atoms with E-state index in [2.05, 4.69) is 49.6 Å². The number of fused-ring (bicyclic) bond motifs is 3. The van der Waals surface area contributed by atoms with E-state index in [1.165, 1.54) is 17.5 Å². The molecule has 0 spiro atoms. The molecule has 0 aliphatic carbocycles. The van der Waals surface area contributed by atoms with Crippen molar-refractivity contribution >= 4 is 5.97 Å². The molecule has 3 atom stereocenters. The van der Waals surface area contributed by atoms with E-state index in [9.17, 15) is 4.79 Å². The Morgan fingerprint density at radius 2 is 1.82 bits per heavy atom. The number of esters is 1. The smallest absolute Gasteiger partial charge is 0.307 e. The minimum absolute atomic E-state index is 0.0666. The number of methoxy groups -OCH3 is 2. The summed E-state index contributed by atoms with van der Waals surface area (Å²) in [6, 6.07) is 4.66. The van der Waals surface area contributed by atoms with Crippen LogP contribution in [0.1, 0.15) is 64.1 Å². The first-order valence-corrected chi connectivity index (χ1v) is 12.8. The Kier molecular flexibility index (Phi) is 9.45. The van der Waals surface area contributed by atoms with E-state index in [4.69, 9.17) is 14.2 Å². The minimum Gasteiger partial charge on any atom is -0.493 e. The first-order chi connectivity index (χ1) is 15.9. The maximum atomic E-state index is 12.5. The number of nitrogens with zero attached hydrogens (tertiary/aromatic N) is 2. The first kappa shape index (κ1) is 25.8. The summed E-state index contributed by atoms with van der Waals surface area (Å²) >= 11 is 0. The van der Waals surface area contributed by atoms with Crippen molar-refractivity contribution in [2.45, 2.75) is 59.4 Å². The van der Waals surface area contributed by atoms with Gasteiger partial charge in [0.05, 0.1) is 27.2 Å². The second-order valence-electron chi connectivity index (χ2n) is 10.0. The van der Waals surface area contributed by atoms with Gasteiger partial charge in [-0.15, -0.1) is 0 Å². The summed E-state index contributed by atoms with van der Waals surface area (Å²) in [4.78, 5) is 17.4. The van der Waals surface area contributed by atoms with Crippen LogP contribution in [0.2, 0.25) is 0 Å². The number of rotatable bonds is 11. The highest BCUT2D eigenvalue weighted by Gasteiger charge is 2.40. The van der Waals surface area contributed by atoms with Crippen LogP contribution in [-0.2, 0) is 16.0 Å². The highest BCUT2D eigenvalue weighted by Crippen LogP contribution is 2.45. The zero-order valence-corrected chi connectivity index (χ0v) is 21.6. The average molecular weight is 461 g/mol. The summed E-state index contributed by atoms with van der Waals surface area (Å²) in [5.41, 5.74) is 2.70. The monoisotopic (exact) mass is 460 g/mol. The molecule has 0 bridgehead atoms. The molecule has 6 nitrogen and oxygen atoms in total. The fraction of sp³-hybridized carbons (Fsp3) is 0.741. The van der Waals surface area contributed by atoms with Crippen molar-refractivity contribution in [1.29, 1.82) is 0 Å². The SMILES string of the molecule is CCN(CC)CCC(=O)OCC1CC2c3cc(OC)c(OC)cc3CCN2CC1CC(C)C. The van der Waals surface area contributed by atoms with Crippen molar-refractivity contribution in [2.75, 3.05) is 53.6 Å². The summed E-state index contributed by atoms with van der Waals surface area (Å²) in [5.74, 6) is 3.10. The molecule has 186 valence electrons. The molecular weight excluding hydrogens is 416 g/mol. The van der Waals surface area contributed by atoms with Gasteiger partial charge in [-0.2, -0.15) is 0 Å². The molecule has 0 radical (unpaired) electrons. The van der Waals surface area contributed by atoms with Crippen LogP contribution in [0.3, 0.4) is 0 Å². The van der Waals surface area contributed by atoms with E-state index in [0.29, 0.717) is 36.8 Å². The summed E-state index contributed by atoms with van der Waals surface area (Å²) in [7, 11) is 3.39. The Morgan fingerprint density at radius 3 is 2.45 bits per heavy atom. The molecule has 0 amide bonds. The highest BCUT2D eigenvalue weighted by molar-refractivity contribution is 5.69. The van der Waals surface area contributed by atoms with Crippen LogP contribution in [0.25, 0.3) is 0 Å². The Balaban J connectivity index is 1.72. The predicted molar refractivity (Wildman–Crippen MR) is 132 cm³/mol. The van der Waals surface area contributed by atoms with Crippen LogP contribution in [0.15, 0.2) is 12.1 Å². The molecule has 6 heteroatoms. The number of hydrogen-bond donors (Lipinski definition) is 0. The summed E-state index contributed by atoms with van der Waals surface area (Å²) < 4.78 is 17.0. The Bertz CT molecular complexity index is 778. The van der Waals surface area contributed by atoms with Gasteiger partial charge in [0.1, 0.15) is 0 Å². The maximum Gasteiger partial charge on any atom is 0.307 e. The highest BCUT2D eigenvalue weighted by atomic mass is 16.5. The van der Waals surface area contributed by atoms with Gasteiger partial charge < -0.3 is 19.1 Å². The second kappa shape index (κ2) is 12.1. The van der Waals surface area contributed by atoms with Gasteiger partial charge in [-0.3, -0.25) is 9.69 Å². The fourth-order valence-corrected chi connectivity index (χ4v) is 5.64. The van der Waals surface area contributed by atoms with E-state index in [1.807, 2.05) is 0 Å². The van der Waals surface area contributed by atoms with E-state index in [0.717, 1.165) is 57.1 Å². The molecule has 0 N–H and O–H groups in total. The van der Waals surface area contributed by atoms with Crippen LogP contribution in [-0.4, -0.2) is 69.3 Å². The van der Waals surface area contributed by atoms with E-state index >= 15 is 0 Å². The lowest BCUT2D eigenvalue weighted by atomic mass is 9.74. The molecule has 1 saturated heterocycles. The van der Waals surface area contributed by atoms with Crippen molar-refractivity contribution in [3.05, 3.63) is 23.3 Å². The molecule has 0 saturated carbocycles. The number of benzene rings is 1. The van der Waals surface area contributed by atoms with Gasteiger partial charge in [0.25, 0.3) is 0 Å². The van der Waals surface area contributed by atoms with E-state index in [1.54, 1.807) is 14.2 Å². The van der Waals surface area contributed by atoms with Gasteiger partial charge >= 0.3 is 5.97 Å². The number of hydrogen-bond acceptors (Lipinski definition) is 6. The molecule has 2 aliphatic rings. The van der Waals surface area contributed by atoms with Crippen molar-refractivity contribution in [2.24, 2.45) is 17.8 Å². The number of carbonyl (C=O) groups excluding carboxylic acids is 1. The van der Waals surface area contributed by atoms with Crippen LogP contribution in [0.5, 0.6) is 11.5 Å². The fourth-order valence-electron chi connectivity index (χ4n) is 5.64. The lowest BCUT2D eigenvalue weighted by Gasteiger charge is -2.47. The predicted octanol–water partition coefficient (Wildman–Crippen LogP) is 4.56. The van der Waals surface area contributed by atoms with Crippen LogP contribution < -0.4 is 9.47 Å². The zero-order chi connectivity index (χ0) is 24.0. The van der Waals surface area contributed by atoms with Crippen molar-refractivity contribution in [3.63, 3.8) is 0 Å². The average Bonchev–Trinajstić information content (AvgIpc) is 2.81. The first-order valence-electron chi connectivity index (χ1n) is 12.8. The lowest BCUT2D eigenvalue weighted by molar-refractivity contribution is -0.147. The molecule has 2 heterocycles. The largest absolute Gasteiger partial charge is 0.493 e. The van der Waals surface area contributed by atoms with Gasteiger partial charge in [-0.1, -0.05) is 27.7 Å². The summed E-state index contributed by atoms with van der Waals surface area (Å²) in [6.07, 6.45) is 3.69. The van der Waals surface area contributed by atoms with Gasteiger partial charge in [0.2, 0.25) is 0 Å². The standard InChI is InChI=1S/C27H44N2O4/c1-7-28(8-2)11-10-27(30)33-18-22-14-24-23-16-26(32-6)25(31-5)15-20(23)9-12-29(24)17-21(22)13-19(3)4/h15-16,19,21-22,24H,7-14,17-18H2,1-6H3. The molecule has 3 rings (SSSR count). The van der Waals surface area contributed by atoms with Crippen molar-refractivity contribution < 1.29 is 19.0 Å². The third-order valence-corrected chi connectivity index (χ3v) is 7.53. The Hall–Kier alpha value is -1.79. The zero-order valence-electron chi connectivity index (χ0n) is 21.6. The molecule has 1 aromatic rings. The van der Waals surface area contributed by atoms with E-state index < -0.39 is 0 Å². The minimum atomic E-state index is -0.0666. The quantitative estimate of drug-likeness (QED) is 0.451. The van der Waals surface area contributed by atoms with Crippen LogP contribution in [0.4, 0.5) is 0 Å². The third-order valence-electron chi connectivity index (χ3n) is 7.53. The molecule has 33 heavy (non-hydrogen) atoms. The number of ether oxygens (including phenoxy) is 3. The van der Waals surface area contributed by atoms with Crippen LogP contribution >= 0.6 is 0 Å². The topological polar surface area (TPSA) is 51.2 Å². The summed E-state index contributed by atoms with van der Waals surface area (Å²) in [5, 5.41) is 0. The lowest BCUT2D eigenvalue weighted by Crippen LogP contribution is -2.47. The van der Waals surface area contributed by atoms with Gasteiger partial charge in [-0.05, 0) is 73.4 Å². The van der Waals surface area contributed by atoms with Gasteiger partial charge in [0.15, 0.2) is 11.5 Å². The molecule has 0 aromatic heterocycles. The molecule has 3 unspecified atom stereocenters. The normalized spacial score (nSPS) is 22.7. The van der Waals surface area contributed by atoms with Gasteiger partial charge in [0, 0.05) is 25.7 Å². The maximum absolute atomic E-state index is 12.5. The number of piperidine rings is 1. The summed E-state index contributed by atoms with van der Waals surface area (Å²) in [6.45, 7) is 14.2. The second-order valence-corrected chi connectivity index (χ2v) is 10.0. The van der Waals surface area contributed by atoms with Crippen LogP contribution in [0, 0.1) is 17.8 Å². The van der Waals surface area contributed by atoms with E-state index in [-0.39, 0.29) is 5.97 Å². The number of carbonyl (C=O) groups is 1. The molecular formula is C27H44N2O4. The molecule has 1 fully saturated rings. The molecule has 2 aliphatic heterocycles. The van der Waals surface area contributed by atoms with Crippen molar-refractivity contribution in [1.82, 2.24) is 9.80 Å². The molecule has 1 aromatic carbocycles. The Labute approximate surface area is 200 Å².